The molecule has 0 bridgehead atoms. The Labute approximate surface area is 153 Å². The summed E-state index contributed by atoms with van der Waals surface area (Å²) in [5, 5.41) is 5.00. The Hall–Kier alpha value is -2.69. The first kappa shape index (κ1) is 16.8. The van der Waals surface area contributed by atoms with Crippen molar-refractivity contribution in [3.63, 3.8) is 0 Å². The summed E-state index contributed by atoms with van der Waals surface area (Å²) in [6.07, 6.45) is 1.93. The third-order valence-corrected chi connectivity index (χ3v) is 5.26. The summed E-state index contributed by atoms with van der Waals surface area (Å²) in [5.74, 6) is 0.868. The number of amides is 1. The summed E-state index contributed by atoms with van der Waals surface area (Å²) in [4.78, 5) is 20.1. The van der Waals surface area contributed by atoms with E-state index in [1.54, 1.807) is 0 Å². The number of carbonyl (C=O) groups excluding carboxylic acids is 1. The molecule has 1 saturated heterocycles. The molecule has 134 valence electrons. The minimum atomic E-state index is 0.0297. The van der Waals surface area contributed by atoms with Crippen molar-refractivity contribution in [1.82, 2.24) is 15.0 Å². The van der Waals surface area contributed by atoms with Crippen molar-refractivity contribution in [1.29, 1.82) is 0 Å². The van der Waals surface area contributed by atoms with Crippen LogP contribution in [0.25, 0.3) is 10.9 Å². The maximum Gasteiger partial charge on any atom is 0.255 e. The molecule has 4 rings (SSSR count). The zero-order valence-corrected chi connectivity index (χ0v) is 15.7. The number of carbonyl (C=O) groups is 1. The van der Waals surface area contributed by atoms with Crippen LogP contribution in [0.5, 0.6) is 0 Å². The van der Waals surface area contributed by atoms with Gasteiger partial charge in [-0.05, 0) is 58.7 Å². The van der Waals surface area contributed by atoms with Gasteiger partial charge in [0.15, 0.2) is 0 Å². The molecule has 1 amide bonds. The fourth-order valence-electron chi connectivity index (χ4n) is 4.08. The average molecular weight is 349 g/mol. The molecule has 0 N–H and O–H groups in total. The molecular formula is C21H23N3O2. The van der Waals surface area contributed by atoms with Crippen LogP contribution in [0.4, 0.5) is 0 Å². The fraction of sp³-hybridized carbons (Fsp3) is 0.381. The van der Waals surface area contributed by atoms with E-state index in [0.717, 1.165) is 64.1 Å². The largest absolute Gasteiger partial charge is 0.361 e. The van der Waals surface area contributed by atoms with Gasteiger partial charge in [-0.2, -0.15) is 0 Å². The molecule has 0 aliphatic carbocycles. The first-order valence-electron chi connectivity index (χ1n) is 9.07. The molecule has 5 nitrogen and oxygen atoms in total. The van der Waals surface area contributed by atoms with Crippen LogP contribution >= 0.6 is 0 Å². The molecule has 0 radical (unpaired) electrons. The number of likely N-dealkylation sites (tertiary alicyclic amines) is 1. The van der Waals surface area contributed by atoms with Crippen LogP contribution in [0.3, 0.4) is 0 Å². The number of aromatic nitrogens is 2. The highest BCUT2D eigenvalue weighted by atomic mass is 16.5. The second-order valence-electron chi connectivity index (χ2n) is 7.23. The highest BCUT2D eigenvalue weighted by molar-refractivity contribution is 6.06. The van der Waals surface area contributed by atoms with Gasteiger partial charge in [0.25, 0.3) is 5.91 Å². The van der Waals surface area contributed by atoms with Crippen molar-refractivity contribution in [2.75, 3.05) is 6.54 Å². The van der Waals surface area contributed by atoms with E-state index in [1.807, 2.05) is 50.8 Å². The summed E-state index contributed by atoms with van der Waals surface area (Å²) in [5.41, 5.74) is 5.52. The van der Waals surface area contributed by atoms with Crippen molar-refractivity contribution in [2.24, 2.45) is 0 Å². The van der Waals surface area contributed by atoms with Crippen molar-refractivity contribution in [2.45, 2.75) is 46.6 Å². The van der Waals surface area contributed by atoms with Gasteiger partial charge < -0.3 is 9.42 Å². The standard InChI is InChI=1S/C21H23N3O2/c1-12-7-8-18-16(10-12)17(11-13(2)22-18)21(25)24-9-5-6-19(24)20-14(3)23-26-15(20)4/h7-8,10-11,19H,5-6,9H2,1-4H3/t19-/m1/s1. The highest BCUT2D eigenvalue weighted by Gasteiger charge is 2.34. The monoisotopic (exact) mass is 349 g/mol. The Morgan fingerprint density at radius 2 is 2.00 bits per heavy atom. The van der Waals surface area contributed by atoms with E-state index in [1.165, 1.54) is 0 Å². The number of hydrogen-bond donors (Lipinski definition) is 0. The van der Waals surface area contributed by atoms with Gasteiger partial charge in [0.05, 0.1) is 22.8 Å². The quantitative estimate of drug-likeness (QED) is 0.686. The first-order chi connectivity index (χ1) is 12.5. The summed E-state index contributed by atoms with van der Waals surface area (Å²) in [6, 6.07) is 8.01. The number of benzene rings is 1. The van der Waals surface area contributed by atoms with Crippen LogP contribution < -0.4 is 0 Å². The third kappa shape index (κ3) is 2.68. The minimum absolute atomic E-state index is 0.0297. The molecule has 3 aromatic rings. The number of rotatable bonds is 2. The highest BCUT2D eigenvalue weighted by Crippen LogP contribution is 2.37. The van der Waals surface area contributed by atoms with E-state index >= 15 is 0 Å². The van der Waals surface area contributed by atoms with Crippen LogP contribution in [0.2, 0.25) is 0 Å². The number of hydrogen-bond acceptors (Lipinski definition) is 4. The Morgan fingerprint density at radius 1 is 1.19 bits per heavy atom. The van der Waals surface area contributed by atoms with Gasteiger partial charge in [0, 0.05) is 23.2 Å². The molecule has 1 fully saturated rings. The van der Waals surface area contributed by atoms with E-state index in [2.05, 4.69) is 16.2 Å². The average Bonchev–Trinajstić information content (AvgIpc) is 3.20. The normalized spacial score (nSPS) is 17.2. The van der Waals surface area contributed by atoms with Crippen LogP contribution in [-0.4, -0.2) is 27.5 Å². The number of fused-ring (bicyclic) bond motifs is 1. The van der Waals surface area contributed by atoms with E-state index in [4.69, 9.17) is 4.52 Å². The maximum absolute atomic E-state index is 13.5. The van der Waals surface area contributed by atoms with Crippen LogP contribution in [0, 0.1) is 27.7 Å². The van der Waals surface area contributed by atoms with Crippen LogP contribution in [0.1, 0.15) is 57.5 Å². The molecular weight excluding hydrogens is 326 g/mol. The van der Waals surface area contributed by atoms with Gasteiger partial charge in [-0.15, -0.1) is 0 Å². The number of pyridine rings is 1. The molecule has 1 aliphatic rings. The molecule has 5 heteroatoms. The van der Waals surface area contributed by atoms with E-state index < -0.39 is 0 Å². The Kier molecular flexibility index (Phi) is 4.02. The van der Waals surface area contributed by atoms with Gasteiger partial charge in [0.1, 0.15) is 5.76 Å². The van der Waals surface area contributed by atoms with Crippen LogP contribution in [-0.2, 0) is 0 Å². The molecule has 3 heterocycles. The zero-order chi connectivity index (χ0) is 18.4. The molecule has 1 atom stereocenters. The molecule has 0 unspecified atom stereocenters. The summed E-state index contributed by atoms with van der Waals surface area (Å²) >= 11 is 0. The lowest BCUT2D eigenvalue weighted by molar-refractivity contribution is 0.0736. The van der Waals surface area contributed by atoms with Crippen LogP contribution in [0.15, 0.2) is 28.8 Å². The summed E-state index contributed by atoms with van der Waals surface area (Å²) in [7, 11) is 0. The number of aryl methyl sites for hydroxylation is 4. The van der Waals surface area contributed by atoms with Crippen molar-refractivity contribution >= 4 is 16.8 Å². The summed E-state index contributed by atoms with van der Waals surface area (Å²) < 4.78 is 5.35. The second kappa shape index (κ2) is 6.24. The lowest BCUT2D eigenvalue weighted by Gasteiger charge is -2.25. The minimum Gasteiger partial charge on any atom is -0.361 e. The summed E-state index contributed by atoms with van der Waals surface area (Å²) in [6.45, 7) is 8.60. The van der Waals surface area contributed by atoms with E-state index in [0.29, 0.717) is 0 Å². The zero-order valence-electron chi connectivity index (χ0n) is 15.7. The van der Waals surface area contributed by atoms with Gasteiger partial charge in [0.2, 0.25) is 0 Å². The predicted molar refractivity (Wildman–Crippen MR) is 100 cm³/mol. The van der Waals surface area contributed by atoms with Gasteiger partial charge >= 0.3 is 0 Å². The lowest BCUT2D eigenvalue weighted by atomic mass is 10.0. The number of nitrogens with zero attached hydrogens (tertiary/aromatic N) is 3. The van der Waals surface area contributed by atoms with Crippen molar-refractivity contribution < 1.29 is 9.32 Å². The third-order valence-electron chi connectivity index (χ3n) is 5.26. The first-order valence-corrected chi connectivity index (χ1v) is 9.07. The molecule has 1 aromatic carbocycles. The molecule has 2 aromatic heterocycles. The SMILES string of the molecule is Cc1ccc2nc(C)cc(C(=O)N3CCC[C@@H]3c3c(C)noc3C)c2c1. The second-order valence-corrected chi connectivity index (χ2v) is 7.23. The molecule has 0 spiro atoms. The Balaban J connectivity index is 1.80. The van der Waals surface area contributed by atoms with Gasteiger partial charge in [-0.25, -0.2) is 0 Å². The van der Waals surface area contributed by atoms with Gasteiger partial charge in [-0.3, -0.25) is 9.78 Å². The maximum atomic E-state index is 13.5. The topological polar surface area (TPSA) is 59.2 Å². The fourth-order valence-corrected chi connectivity index (χ4v) is 4.08. The van der Waals surface area contributed by atoms with E-state index in [-0.39, 0.29) is 11.9 Å². The Morgan fingerprint density at radius 3 is 2.73 bits per heavy atom. The van der Waals surface area contributed by atoms with Crippen molar-refractivity contribution in [3.05, 3.63) is 58.1 Å². The predicted octanol–water partition coefficient (Wildman–Crippen LogP) is 4.43. The Bertz CT molecular complexity index is 986. The molecule has 26 heavy (non-hydrogen) atoms. The molecule has 0 saturated carbocycles. The smallest absolute Gasteiger partial charge is 0.255 e. The van der Waals surface area contributed by atoms with Gasteiger partial charge in [-0.1, -0.05) is 16.8 Å². The molecule has 1 aliphatic heterocycles. The van der Waals surface area contributed by atoms with E-state index in [9.17, 15) is 4.79 Å². The lowest BCUT2D eigenvalue weighted by Crippen LogP contribution is -2.31. The van der Waals surface area contributed by atoms with Crippen molar-refractivity contribution in [3.8, 4) is 0 Å².